The Balaban J connectivity index is 0.00000240. The maximum absolute atomic E-state index is 6.36. The van der Waals surface area contributed by atoms with Gasteiger partial charge in [-0.15, -0.1) is 35.3 Å². The van der Waals surface area contributed by atoms with E-state index in [9.17, 15) is 0 Å². The monoisotopic (exact) mass is 519 g/mol. The number of nitrogens with two attached hydrogens (primary N) is 1. The zero-order chi connectivity index (χ0) is 19.2. The van der Waals surface area contributed by atoms with E-state index in [0.29, 0.717) is 12.5 Å². The minimum absolute atomic E-state index is 0. The van der Waals surface area contributed by atoms with Crippen molar-refractivity contribution in [3.63, 3.8) is 0 Å². The molecular weight excluding hydrogens is 493 g/mol. The molecule has 0 aliphatic carbocycles. The minimum atomic E-state index is 0. The fourth-order valence-electron chi connectivity index (χ4n) is 3.56. The first-order valence-electron chi connectivity index (χ1n) is 9.60. The maximum atomic E-state index is 6.36. The van der Waals surface area contributed by atoms with Crippen LogP contribution in [-0.4, -0.2) is 48.6 Å². The molecule has 3 aromatic rings. The summed E-state index contributed by atoms with van der Waals surface area (Å²) >= 11 is 1.68. The molecule has 7 heteroatoms. The van der Waals surface area contributed by atoms with E-state index in [1.165, 1.54) is 11.1 Å². The Morgan fingerprint density at radius 1 is 0.966 bits per heavy atom. The maximum Gasteiger partial charge on any atom is 0.191 e. The van der Waals surface area contributed by atoms with Crippen LogP contribution in [0, 0.1) is 0 Å². The fourth-order valence-corrected chi connectivity index (χ4v) is 4.25. The lowest BCUT2D eigenvalue weighted by atomic mass is 9.91. The van der Waals surface area contributed by atoms with Gasteiger partial charge in [0.15, 0.2) is 11.1 Å². The molecule has 0 amide bonds. The molecule has 0 unspecified atom stereocenters. The number of benzene rings is 2. The third-order valence-electron chi connectivity index (χ3n) is 5.13. The number of aromatic nitrogens is 1. The molecule has 2 heterocycles. The average Bonchev–Trinajstić information content (AvgIpc) is 3.30. The van der Waals surface area contributed by atoms with Gasteiger partial charge in [0.05, 0.1) is 6.54 Å². The number of hydrogen-bond donors (Lipinski definition) is 1. The first kappa shape index (κ1) is 21.6. The third kappa shape index (κ3) is 5.48. The Labute approximate surface area is 193 Å². The van der Waals surface area contributed by atoms with E-state index in [4.69, 9.17) is 10.7 Å². The third-order valence-corrected chi connectivity index (χ3v) is 5.97. The van der Waals surface area contributed by atoms with Gasteiger partial charge < -0.3 is 15.5 Å². The molecule has 0 spiro atoms. The Hall–Kier alpha value is -2.13. The van der Waals surface area contributed by atoms with Crippen LogP contribution in [0.5, 0.6) is 0 Å². The molecule has 0 radical (unpaired) electrons. The minimum Gasteiger partial charge on any atom is -0.370 e. The van der Waals surface area contributed by atoms with E-state index in [1.807, 2.05) is 23.7 Å². The molecule has 5 nitrogen and oxygen atoms in total. The summed E-state index contributed by atoms with van der Waals surface area (Å²) in [5, 5.41) is 3.11. The number of thiazole rings is 1. The standard InChI is InChI=1S/C22H25N5S.HI/c23-21(26-12-14-27(15-13-26)22-24-11-16-28-22)25-17-20(18-7-3-1-4-8-18)19-9-5-2-6-10-19;/h1-11,16,20H,12-15,17H2,(H2,23,25);1H. The van der Waals surface area contributed by atoms with E-state index >= 15 is 0 Å². The molecule has 1 aromatic heterocycles. The second kappa shape index (κ2) is 10.6. The van der Waals surface area contributed by atoms with Crippen molar-refractivity contribution in [3.05, 3.63) is 83.4 Å². The van der Waals surface area contributed by atoms with Gasteiger partial charge in [-0.2, -0.15) is 0 Å². The number of hydrogen-bond acceptors (Lipinski definition) is 4. The second-order valence-electron chi connectivity index (χ2n) is 6.86. The summed E-state index contributed by atoms with van der Waals surface area (Å²) in [5.74, 6) is 0.841. The Morgan fingerprint density at radius 3 is 2.07 bits per heavy atom. The van der Waals surface area contributed by atoms with Crippen LogP contribution in [0.15, 0.2) is 77.2 Å². The van der Waals surface area contributed by atoms with Gasteiger partial charge >= 0.3 is 0 Å². The molecule has 0 atom stereocenters. The summed E-state index contributed by atoms with van der Waals surface area (Å²) in [6.07, 6.45) is 1.86. The van der Waals surface area contributed by atoms with E-state index in [-0.39, 0.29) is 29.9 Å². The molecule has 1 aliphatic rings. The highest BCUT2D eigenvalue weighted by Gasteiger charge is 2.20. The van der Waals surface area contributed by atoms with Crippen LogP contribution >= 0.6 is 35.3 Å². The number of aliphatic imine (C=N–C) groups is 1. The van der Waals surface area contributed by atoms with Crippen molar-refractivity contribution in [2.24, 2.45) is 10.7 Å². The molecular formula is C22H26IN5S. The molecule has 0 bridgehead atoms. The van der Waals surface area contributed by atoms with Crippen LogP contribution in [0.4, 0.5) is 5.13 Å². The van der Waals surface area contributed by atoms with Crippen molar-refractivity contribution in [3.8, 4) is 0 Å². The molecule has 1 saturated heterocycles. The van der Waals surface area contributed by atoms with Crippen molar-refractivity contribution in [1.29, 1.82) is 0 Å². The van der Waals surface area contributed by atoms with Gasteiger partial charge in [0.2, 0.25) is 0 Å². The van der Waals surface area contributed by atoms with Crippen LogP contribution in [0.25, 0.3) is 0 Å². The summed E-state index contributed by atoms with van der Waals surface area (Å²) in [6, 6.07) is 21.1. The molecule has 2 N–H and O–H groups in total. The predicted octanol–water partition coefficient (Wildman–Crippen LogP) is 4.03. The largest absolute Gasteiger partial charge is 0.370 e. The predicted molar refractivity (Wildman–Crippen MR) is 133 cm³/mol. The van der Waals surface area contributed by atoms with Crippen LogP contribution in [0.1, 0.15) is 17.0 Å². The van der Waals surface area contributed by atoms with Crippen LogP contribution in [0.2, 0.25) is 0 Å². The first-order valence-corrected chi connectivity index (χ1v) is 10.5. The summed E-state index contributed by atoms with van der Waals surface area (Å²) in [4.78, 5) is 13.7. The van der Waals surface area contributed by atoms with Crippen molar-refractivity contribution in [1.82, 2.24) is 9.88 Å². The fraction of sp³-hybridized carbons (Fsp3) is 0.273. The number of nitrogens with zero attached hydrogens (tertiary/aromatic N) is 4. The molecule has 1 fully saturated rings. The van der Waals surface area contributed by atoms with Crippen molar-refractivity contribution >= 4 is 46.4 Å². The van der Waals surface area contributed by atoms with Gasteiger partial charge in [-0.1, -0.05) is 60.7 Å². The molecule has 1 aliphatic heterocycles. The van der Waals surface area contributed by atoms with E-state index in [1.54, 1.807) is 11.3 Å². The Bertz CT molecular complexity index is 839. The average molecular weight is 519 g/mol. The number of anilines is 1. The first-order chi connectivity index (χ1) is 13.8. The molecule has 0 saturated carbocycles. The highest BCUT2D eigenvalue weighted by molar-refractivity contribution is 14.0. The zero-order valence-electron chi connectivity index (χ0n) is 16.2. The summed E-state index contributed by atoms with van der Waals surface area (Å²) in [6.45, 7) is 4.23. The van der Waals surface area contributed by atoms with Crippen LogP contribution in [0.3, 0.4) is 0 Å². The lowest BCUT2D eigenvalue weighted by molar-refractivity contribution is 0.380. The number of rotatable bonds is 5. The highest BCUT2D eigenvalue weighted by atomic mass is 127. The van der Waals surface area contributed by atoms with Crippen LogP contribution in [-0.2, 0) is 0 Å². The summed E-state index contributed by atoms with van der Waals surface area (Å²) < 4.78 is 0. The summed E-state index contributed by atoms with van der Waals surface area (Å²) in [5.41, 5.74) is 8.89. The topological polar surface area (TPSA) is 57.8 Å². The van der Waals surface area contributed by atoms with E-state index < -0.39 is 0 Å². The van der Waals surface area contributed by atoms with E-state index in [0.717, 1.165) is 31.3 Å². The summed E-state index contributed by atoms with van der Waals surface area (Å²) in [7, 11) is 0. The van der Waals surface area contributed by atoms with Crippen LogP contribution < -0.4 is 10.6 Å². The molecule has 4 rings (SSSR count). The van der Waals surface area contributed by atoms with Crippen molar-refractivity contribution in [2.45, 2.75) is 5.92 Å². The lowest BCUT2D eigenvalue weighted by Gasteiger charge is -2.35. The number of halogens is 1. The quantitative estimate of drug-likeness (QED) is 0.314. The van der Waals surface area contributed by atoms with Gasteiger partial charge in [0.1, 0.15) is 0 Å². The van der Waals surface area contributed by atoms with Crippen molar-refractivity contribution in [2.75, 3.05) is 37.6 Å². The van der Waals surface area contributed by atoms with Gasteiger partial charge in [-0.25, -0.2) is 4.98 Å². The highest BCUT2D eigenvalue weighted by Crippen LogP contribution is 2.25. The lowest BCUT2D eigenvalue weighted by Crippen LogP contribution is -2.51. The van der Waals surface area contributed by atoms with Gasteiger partial charge in [-0.05, 0) is 11.1 Å². The normalized spacial score (nSPS) is 14.7. The smallest absolute Gasteiger partial charge is 0.191 e. The Kier molecular flexibility index (Phi) is 7.88. The van der Waals surface area contributed by atoms with Gasteiger partial charge in [0, 0.05) is 43.7 Å². The van der Waals surface area contributed by atoms with Crippen molar-refractivity contribution < 1.29 is 0 Å². The zero-order valence-corrected chi connectivity index (χ0v) is 19.4. The van der Waals surface area contributed by atoms with Gasteiger partial charge in [-0.3, -0.25) is 4.99 Å². The molecule has 2 aromatic carbocycles. The molecule has 152 valence electrons. The number of guanidine groups is 1. The Morgan fingerprint density at radius 2 is 1.55 bits per heavy atom. The van der Waals surface area contributed by atoms with E-state index in [2.05, 4.69) is 63.3 Å². The number of piperazine rings is 1. The molecule has 29 heavy (non-hydrogen) atoms. The SMILES string of the molecule is I.NC(=NCC(c1ccccc1)c1ccccc1)N1CCN(c2nccs2)CC1. The second-order valence-corrected chi connectivity index (χ2v) is 7.73. The van der Waals surface area contributed by atoms with Gasteiger partial charge in [0.25, 0.3) is 0 Å².